The van der Waals surface area contributed by atoms with Gasteiger partial charge in [-0.3, -0.25) is 14.9 Å². The molecule has 0 saturated carbocycles. The van der Waals surface area contributed by atoms with Crippen LogP contribution in [0.15, 0.2) is 72.8 Å². The number of rotatable bonds is 3. The van der Waals surface area contributed by atoms with Gasteiger partial charge in [0.25, 0.3) is 5.69 Å². The molecule has 4 nitrogen and oxygen atoms in total. The molecule has 0 amide bonds. The lowest BCUT2D eigenvalue weighted by Crippen LogP contribution is -1.90. The molecule has 0 heterocycles. The first-order valence-corrected chi connectivity index (χ1v) is 8.01. The van der Waals surface area contributed by atoms with Crippen LogP contribution in [-0.2, 0) is 0 Å². The average Bonchev–Trinajstić information content (AvgIpc) is 2.67. The first kappa shape index (κ1) is 17.1. The molecule has 126 valence electrons. The molecule has 0 N–H and O–H groups in total. The largest absolute Gasteiger partial charge is 0.295 e. The second-order valence-corrected chi connectivity index (χ2v) is 5.76. The maximum absolute atomic E-state index is 11.3. The fourth-order valence-electron chi connectivity index (χ4n) is 2.45. The molecule has 0 aromatic heterocycles. The SMILES string of the molecule is CC(=O)c1ccc(C#Cc2ccc(-c3ccc([N+](=O)[O-])cc3)cc2)cc1. The van der Waals surface area contributed by atoms with Gasteiger partial charge in [0.05, 0.1) is 4.92 Å². The highest BCUT2D eigenvalue weighted by molar-refractivity contribution is 5.94. The van der Waals surface area contributed by atoms with E-state index in [2.05, 4.69) is 11.8 Å². The number of nitro benzene ring substituents is 1. The molecule has 0 saturated heterocycles. The van der Waals surface area contributed by atoms with Crippen LogP contribution in [0.5, 0.6) is 0 Å². The van der Waals surface area contributed by atoms with Crippen LogP contribution < -0.4 is 0 Å². The maximum Gasteiger partial charge on any atom is 0.269 e. The molecule has 26 heavy (non-hydrogen) atoms. The molecular weight excluding hydrogens is 326 g/mol. The van der Waals surface area contributed by atoms with Crippen LogP contribution in [0.4, 0.5) is 5.69 Å². The molecule has 0 aliphatic heterocycles. The number of Topliss-reactive ketones (excluding diaryl/α,β-unsaturated/α-hetero) is 1. The molecule has 0 bridgehead atoms. The van der Waals surface area contributed by atoms with Crippen molar-refractivity contribution < 1.29 is 9.72 Å². The van der Waals surface area contributed by atoms with Crippen molar-refractivity contribution in [2.75, 3.05) is 0 Å². The van der Waals surface area contributed by atoms with Crippen LogP contribution in [0, 0.1) is 22.0 Å². The summed E-state index contributed by atoms with van der Waals surface area (Å²) in [5.41, 5.74) is 4.34. The van der Waals surface area contributed by atoms with E-state index in [4.69, 9.17) is 0 Å². The predicted octanol–water partition coefficient (Wildman–Crippen LogP) is 4.86. The molecule has 4 heteroatoms. The van der Waals surface area contributed by atoms with Crippen LogP contribution in [-0.4, -0.2) is 10.7 Å². The topological polar surface area (TPSA) is 60.2 Å². The molecule has 0 unspecified atom stereocenters. The molecule has 0 aliphatic rings. The number of non-ortho nitro benzene ring substituents is 1. The maximum atomic E-state index is 11.3. The van der Waals surface area contributed by atoms with Gasteiger partial charge in [0, 0.05) is 28.8 Å². The van der Waals surface area contributed by atoms with Gasteiger partial charge in [0.15, 0.2) is 5.78 Å². The molecule has 0 atom stereocenters. The number of hydrogen-bond donors (Lipinski definition) is 0. The number of hydrogen-bond acceptors (Lipinski definition) is 3. The smallest absolute Gasteiger partial charge is 0.269 e. The summed E-state index contributed by atoms with van der Waals surface area (Å²) in [5, 5.41) is 10.7. The highest BCUT2D eigenvalue weighted by Crippen LogP contribution is 2.22. The Bertz CT molecular complexity index is 1010. The quantitative estimate of drug-likeness (QED) is 0.296. The van der Waals surface area contributed by atoms with E-state index >= 15 is 0 Å². The number of ketones is 1. The van der Waals surface area contributed by atoms with Gasteiger partial charge < -0.3 is 0 Å². The molecule has 3 aromatic rings. The van der Waals surface area contributed by atoms with Gasteiger partial charge in [0.1, 0.15) is 0 Å². The van der Waals surface area contributed by atoms with E-state index in [1.165, 1.54) is 19.1 Å². The number of carbonyl (C=O) groups excluding carboxylic acids is 1. The Morgan fingerprint density at radius 1 is 0.769 bits per heavy atom. The molecule has 3 rings (SSSR count). The van der Waals surface area contributed by atoms with Gasteiger partial charge in [-0.15, -0.1) is 0 Å². The average molecular weight is 341 g/mol. The summed E-state index contributed by atoms with van der Waals surface area (Å²) in [4.78, 5) is 21.6. The first-order chi connectivity index (χ1) is 12.5. The summed E-state index contributed by atoms with van der Waals surface area (Å²) in [7, 11) is 0. The van der Waals surface area contributed by atoms with E-state index in [-0.39, 0.29) is 11.5 Å². The molecule has 0 aliphatic carbocycles. The fourth-order valence-corrected chi connectivity index (χ4v) is 2.45. The van der Waals surface area contributed by atoms with Crippen LogP contribution in [0.1, 0.15) is 28.4 Å². The van der Waals surface area contributed by atoms with Gasteiger partial charge >= 0.3 is 0 Å². The number of nitrogens with zero attached hydrogens (tertiary/aromatic N) is 1. The summed E-state index contributed by atoms with van der Waals surface area (Å²) in [6, 6.07) is 21.3. The summed E-state index contributed by atoms with van der Waals surface area (Å²) in [6.45, 7) is 1.53. The summed E-state index contributed by atoms with van der Waals surface area (Å²) < 4.78 is 0. The van der Waals surface area contributed by atoms with Crippen molar-refractivity contribution in [3.05, 3.63) is 99.6 Å². The second kappa shape index (κ2) is 7.45. The van der Waals surface area contributed by atoms with Crippen LogP contribution >= 0.6 is 0 Å². The van der Waals surface area contributed by atoms with Crippen molar-refractivity contribution in [2.24, 2.45) is 0 Å². The minimum absolute atomic E-state index is 0.0337. The van der Waals surface area contributed by atoms with Gasteiger partial charge in [-0.2, -0.15) is 0 Å². The van der Waals surface area contributed by atoms with Crippen LogP contribution in [0.2, 0.25) is 0 Å². The second-order valence-electron chi connectivity index (χ2n) is 5.76. The van der Waals surface area contributed by atoms with Gasteiger partial charge in [-0.25, -0.2) is 0 Å². The molecular formula is C22H15NO3. The summed E-state index contributed by atoms with van der Waals surface area (Å²) in [5.74, 6) is 6.19. The Morgan fingerprint density at radius 3 is 1.62 bits per heavy atom. The number of benzene rings is 3. The van der Waals surface area contributed by atoms with E-state index in [1.807, 2.05) is 36.4 Å². The molecule has 0 spiro atoms. The highest BCUT2D eigenvalue weighted by Gasteiger charge is 2.05. The van der Waals surface area contributed by atoms with Crippen molar-refractivity contribution >= 4 is 11.5 Å². The summed E-state index contributed by atoms with van der Waals surface area (Å²) >= 11 is 0. The minimum atomic E-state index is -0.411. The number of nitro groups is 1. The normalized spacial score (nSPS) is 9.88. The van der Waals surface area contributed by atoms with E-state index in [0.29, 0.717) is 5.56 Å². The standard InChI is InChI=1S/C22H15NO3/c1-16(24)19-8-4-17(5-9-19)2-3-18-6-10-20(11-7-18)21-12-14-22(15-13-21)23(25)26/h4-15H,1H3. The lowest BCUT2D eigenvalue weighted by Gasteiger charge is -2.01. The van der Waals surface area contributed by atoms with Gasteiger partial charge in [0.2, 0.25) is 0 Å². The highest BCUT2D eigenvalue weighted by atomic mass is 16.6. The Hall–Kier alpha value is -3.71. The minimum Gasteiger partial charge on any atom is -0.295 e. The number of carbonyl (C=O) groups is 1. The van der Waals surface area contributed by atoms with E-state index in [1.54, 1.807) is 24.3 Å². The Balaban J connectivity index is 1.76. The third kappa shape index (κ3) is 4.03. The Morgan fingerprint density at radius 2 is 1.19 bits per heavy atom. The molecule has 0 radical (unpaired) electrons. The summed E-state index contributed by atoms with van der Waals surface area (Å²) in [6.07, 6.45) is 0. The lowest BCUT2D eigenvalue weighted by molar-refractivity contribution is -0.384. The van der Waals surface area contributed by atoms with Crippen molar-refractivity contribution in [2.45, 2.75) is 6.92 Å². The van der Waals surface area contributed by atoms with E-state index in [9.17, 15) is 14.9 Å². The zero-order chi connectivity index (χ0) is 18.5. The van der Waals surface area contributed by atoms with Crippen molar-refractivity contribution in [3.63, 3.8) is 0 Å². The van der Waals surface area contributed by atoms with Crippen molar-refractivity contribution in [3.8, 4) is 23.0 Å². The zero-order valence-electron chi connectivity index (χ0n) is 14.1. The van der Waals surface area contributed by atoms with Crippen LogP contribution in [0.3, 0.4) is 0 Å². The fraction of sp³-hybridized carbons (Fsp3) is 0.0455. The Labute approximate surface area is 151 Å². The lowest BCUT2D eigenvalue weighted by atomic mass is 10.0. The molecule has 3 aromatic carbocycles. The monoisotopic (exact) mass is 341 g/mol. The van der Waals surface area contributed by atoms with E-state index in [0.717, 1.165) is 22.3 Å². The van der Waals surface area contributed by atoms with E-state index < -0.39 is 4.92 Å². The Kier molecular flexibility index (Phi) is 4.91. The molecule has 0 fully saturated rings. The van der Waals surface area contributed by atoms with Gasteiger partial charge in [-0.1, -0.05) is 36.1 Å². The third-order valence-corrected chi connectivity index (χ3v) is 3.94. The van der Waals surface area contributed by atoms with Crippen molar-refractivity contribution in [1.82, 2.24) is 0 Å². The zero-order valence-corrected chi connectivity index (χ0v) is 14.1. The van der Waals surface area contributed by atoms with Crippen molar-refractivity contribution in [1.29, 1.82) is 0 Å². The van der Waals surface area contributed by atoms with Gasteiger partial charge in [-0.05, 0) is 54.4 Å². The van der Waals surface area contributed by atoms with Crippen LogP contribution in [0.25, 0.3) is 11.1 Å². The third-order valence-electron chi connectivity index (χ3n) is 3.94. The predicted molar refractivity (Wildman–Crippen MR) is 101 cm³/mol. The first-order valence-electron chi connectivity index (χ1n) is 8.01.